The summed E-state index contributed by atoms with van der Waals surface area (Å²) in [5, 5.41) is 14.3. The summed E-state index contributed by atoms with van der Waals surface area (Å²) in [6.45, 7) is 12.5. The van der Waals surface area contributed by atoms with Crippen LogP contribution in [0.2, 0.25) is 0 Å². The number of aromatic hydroxyl groups is 1. The van der Waals surface area contributed by atoms with Gasteiger partial charge >= 0.3 is 0 Å². The third kappa shape index (κ3) is 5.02. The molecule has 0 saturated heterocycles. The summed E-state index contributed by atoms with van der Waals surface area (Å²) in [6, 6.07) is 14.1. The molecule has 1 amide bonds. The molecule has 0 spiro atoms. The first-order valence-corrected chi connectivity index (χ1v) is 10.8. The first-order valence-electron chi connectivity index (χ1n) is 10.8. The molecule has 0 aliphatic heterocycles. The monoisotopic (exact) mass is 407 g/mol. The quantitative estimate of drug-likeness (QED) is 0.512. The van der Waals surface area contributed by atoms with Crippen molar-refractivity contribution in [1.82, 2.24) is 5.43 Å². The Morgan fingerprint density at radius 3 is 2.40 bits per heavy atom. The van der Waals surface area contributed by atoms with E-state index in [0.29, 0.717) is 5.56 Å². The number of phenolic OH excluding ortho intramolecular Hbond substituents is 1. The van der Waals surface area contributed by atoms with Gasteiger partial charge in [-0.1, -0.05) is 45.0 Å². The number of hydrogen-bond donors (Lipinski definition) is 2. The molecule has 0 aromatic heterocycles. The van der Waals surface area contributed by atoms with Crippen molar-refractivity contribution in [3.05, 3.63) is 59.2 Å². The zero-order valence-electron chi connectivity index (χ0n) is 18.6. The largest absolute Gasteiger partial charge is 0.507 e. The van der Waals surface area contributed by atoms with Gasteiger partial charge in [0.1, 0.15) is 5.75 Å². The minimum Gasteiger partial charge on any atom is -0.507 e. The molecule has 0 bridgehead atoms. The molecule has 1 saturated carbocycles. The van der Waals surface area contributed by atoms with Gasteiger partial charge in [0.2, 0.25) is 5.91 Å². The number of benzene rings is 2. The number of carbonyl (C=O) groups excluding carboxylic acids is 1. The molecule has 5 heteroatoms. The number of hydrazone groups is 1. The molecule has 2 aromatic carbocycles. The maximum Gasteiger partial charge on any atom is 0.243 e. The first-order chi connectivity index (χ1) is 14.2. The molecular weight excluding hydrogens is 374 g/mol. The van der Waals surface area contributed by atoms with Crippen LogP contribution in [0.5, 0.6) is 5.75 Å². The highest BCUT2D eigenvalue weighted by atomic mass is 16.3. The van der Waals surface area contributed by atoms with Gasteiger partial charge in [-0.2, -0.15) is 5.10 Å². The van der Waals surface area contributed by atoms with Crippen LogP contribution in [-0.2, 0) is 10.2 Å². The third-order valence-electron chi connectivity index (χ3n) is 5.85. The van der Waals surface area contributed by atoms with E-state index < -0.39 is 0 Å². The second-order valence-corrected chi connectivity index (χ2v) is 8.97. The average molecular weight is 408 g/mol. The summed E-state index contributed by atoms with van der Waals surface area (Å²) in [7, 11) is 0. The van der Waals surface area contributed by atoms with Gasteiger partial charge in [0, 0.05) is 36.3 Å². The van der Waals surface area contributed by atoms with Crippen molar-refractivity contribution in [2.24, 2.45) is 11.0 Å². The summed E-state index contributed by atoms with van der Waals surface area (Å²) in [5.74, 6) is 0.299. The molecule has 0 unspecified atom stereocenters. The van der Waals surface area contributed by atoms with Crippen LogP contribution in [0, 0.1) is 5.92 Å². The molecule has 1 aliphatic rings. The molecule has 2 aromatic rings. The predicted molar refractivity (Wildman–Crippen MR) is 123 cm³/mol. The number of nitrogens with one attached hydrogen (secondary N) is 1. The Balaban J connectivity index is 1.56. The van der Waals surface area contributed by atoms with Crippen molar-refractivity contribution < 1.29 is 9.90 Å². The van der Waals surface area contributed by atoms with E-state index in [1.165, 1.54) is 17.3 Å². The summed E-state index contributed by atoms with van der Waals surface area (Å²) in [6.07, 6.45) is 2.34. The van der Waals surface area contributed by atoms with Gasteiger partial charge in [0.05, 0.1) is 6.21 Å². The second kappa shape index (κ2) is 8.90. The van der Waals surface area contributed by atoms with Crippen LogP contribution in [0.1, 0.15) is 63.6 Å². The smallest absolute Gasteiger partial charge is 0.243 e. The van der Waals surface area contributed by atoms with Gasteiger partial charge < -0.3 is 10.0 Å². The van der Waals surface area contributed by atoms with Crippen LogP contribution in [0.4, 0.5) is 5.69 Å². The van der Waals surface area contributed by atoms with E-state index in [0.717, 1.165) is 25.2 Å². The van der Waals surface area contributed by atoms with Crippen molar-refractivity contribution in [3.8, 4) is 5.75 Å². The van der Waals surface area contributed by atoms with E-state index in [1.54, 1.807) is 6.07 Å². The van der Waals surface area contributed by atoms with E-state index in [4.69, 9.17) is 0 Å². The summed E-state index contributed by atoms with van der Waals surface area (Å²) >= 11 is 0. The summed E-state index contributed by atoms with van der Waals surface area (Å²) < 4.78 is 0. The van der Waals surface area contributed by atoms with E-state index in [1.807, 2.05) is 12.1 Å². The maximum absolute atomic E-state index is 12.4. The molecule has 1 fully saturated rings. The number of nitrogens with zero attached hydrogens (tertiary/aromatic N) is 2. The number of amides is 1. The Labute approximate surface area is 179 Å². The van der Waals surface area contributed by atoms with Crippen molar-refractivity contribution >= 4 is 17.8 Å². The molecule has 2 atom stereocenters. The molecule has 2 N–H and O–H groups in total. The first kappa shape index (κ1) is 21.9. The standard InChI is InChI=1S/C25H33N3O2/c1-6-28(7-2)20-13-10-18(23(29)14-20)16-26-27-24(30)22-15-21(22)17-8-11-19(12-9-17)25(3,4)5/h8-14,16,21-22,29H,6-7,15H2,1-5H3,(H,27,30)/t21-,22+/m1/s1. The Hall–Kier alpha value is -2.82. The molecule has 1 aliphatic carbocycles. The molecule has 5 nitrogen and oxygen atoms in total. The summed E-state index contributed by atoms with van der Waals surface area (Å²) in [5.41, 5.74) is 6.80. The van der Waals surface area contributed by atoms with Gasteiger partial charge in [-0.15, -0.1) is 0 Å². The fourth-order valence-electron chi connectivity index (χ4n) is 3.76. The van der Waals surface area contributed by atoms with E-state index in [2.05, 4.69) is 74.3 Å². The Morgan fingerprint density at radius 1 is 1.17 bits per heavy atom. The van der Waals surface area contributed by atoms with E-state index >= 15 is 0 Å². The highest BCUT2D eigenvalue weighted by molar-refractivity contribution is 5.87. The molecule has 3 rings (SSSR count). The van der Waals surface area contributed by atoms with Crippen LogP contribution in [0.25, 0.3) is 0 Å². The lowest BCUT2D eigenvalue weighted by Crippen LogP contribution is -2.21. The lowest BCUT2D eigenvalue weighted by atomic mass is 9.86. The topological polar surface area (TPSA) is 64.9 Å². The van der Waals surface area contributed by atoms with Gasteiger partial charge in [-0.3, -0.25) is 4.79 Å². The normalized spacial score (nSPS) is 18.4. The SMILES string of the molecule is CCN(CC)c1ccc(C=NNC(=O)[C@H]2C[C@@H]2c2ccc(C(C)(C)C)cc2)c(O)c1. The van der Waals surface area contributed by atoms with Crippen LogP contribution in [0.3, 0.4) is 0 Å². The average Bonchev–Trinajstić information content (AvgIpc) is 3.51. The predicted octanol–water partition coefficient (Wildman–Crippen LogP) is 4.79. The molecule has 160 valence electrons. The van der Waals surface area contributed by atoms with Gasteiger partial charge in [-0.05, 0) is 54.9 Å². The van der Waals surface area contributed by atoms with Gasteiger partial charge in [0.25, 0.3) is 0 Å². The third-order valence-corrected chi connectivity index (χ3v) is 5.85. The summed E-state index contributed by atoms with van der Waals surface area (Å²) in [4.78, 5) is 14.6. The van der Waals surface area contributed by atoms with Crippen molar-refractivity contribution in [2.45, 2.75) is 52.4 Å². The fourth-order valence-corrected chi connectivity index (χ4v) is 3.76. The number of rotatable bonds is 7. The Morgan fingerprint density at radius 2 is 1.83 bits per heavy atom. The molecule has 0 radical (unpaired) electrons. The van der Waals surface area contributed by atoms with Gasteiger partial charge in [-0.25, -0.2) is 5.43 Å². The van der Waals surface area contributed by atoms with Crippen LogP contribution >= 0.6 is 0 Å². The fraction of sp³-hybridized carbons (Fsp3) is 0.440. The zero-order chi connectivity index (χ0) is 21.9. The van der Waals surface area contributed by atoms with Crippen molar-refractivity contribution in [1.29, 1.82) is 0 Å². The highest BCUT2D eigenvalue weighted by Crippen LogP contribution is 2.47. The van der Waals surface area contributed by atoms with E-state index in [9.17, 15) is 9.90 Å². The van der Waals surface area contributed by atoms with Crippen molar-refractivity contribution in [3.63, 3.8) is 0 Å². The molecular formula is C25H33N3O2. The maximum atomic E-state index is 12.4. The number of hydrogen-bond acceptors (Lipinski definition) is 4. The lowest BCUT2D eigenvalue weighted by molar-refractivity contribution is -0.122. The Bertz CT molecular complexity index is 909. The minimum absolute atomic E-state index is 0.0405. The van der Waals surface area contributed by atoms with Crippen LogP contribution in [0.15, 0.2) is 47.6 Å². The lowest BCUT2D eigenvalue weighted by Gasteiger charge is -2.21. The number of carbonyl (C=O) groups is 1. The molecule has 30 heavy (non-hydrogen) atoms. The number of phenols is 1. The van der Waals surface area contributed by atoms with E-state index in [-0.39, 0.29) is 28.9 Å². The zero-order valence-corrected chi connectivity index (χ0v) is 18.6. The van der Waals surface area contributed by atoms with Crippen molar-refractivity contribution in [2.75, 3.05) is 18.0 Å². The van der Waals surface area contributed by atoms with Gasteiger partial charge in [0.15, 0.2) is 0 Å². The number of anilines is 1. The van der Waals surface area contributed by atoms with Crippen LogP contribution in [-0.4, -0.2) is 30.3 Å². The highest BCUT2D eigenvalue weighted by Gasteiger charge is 2.44. The second-order valence-electron chi connectivity index (χ2n) is 8.97. The minimum atomic E-state index is -0.0737. The van der Waals surface area contributed by atoms with Crippen LogP contribution < -0.4 is 10.3 Å². The molecule has 0 heterocycles. The Kier molecular flexibility index (Phi) is 6.49.